The summed E-state index contributed by atoms with van der Waals surface area (Å²) in [6.07, 6.45) is 2.42. The number of phosphoric ester groups is 1. The monoisotopic (exact) mass is 485 g/mol. The van der Waals surface area contributed by atoms with Crippen LogP contribution in [0, 0.1) is 0 Å². The van der Waals surface area contributed by atoms with Crippen LogP contribution < -0.4 is 9.47 Å². The Morgan fingerprint density at radius 3 is 2.67 bits per heavy atom. The molecule has 184 valence electrons. The average molecular weight is 485 g/mol. The van der Waals surface area contributed by atoms with Gasteiger partial charge >= 0.3 is 14.0 Å². The predicted molar refractivity (Wildman–Crippen MR) is 119 cm³/mol. The summed E-state index contributed by atoms with van der Waals surface area (Å²) in [4.78, 5) is 23.7. The third kappa shape index (κ3) is 5.81. The summed E-state index contributed by atoms with van der Waals surface area (Å²) in [6, 6.07) is 5.99. The van der Waals surface area contributed by atoms with Crippen molar-refractivity contribution in [2.24, 2.45) is 0 Å². The van der Waals surface area contributed by atoms with Crippen molar-refractivity contribution in [1.29, 1.82) is 0 Å². The molecule has 10 nitrogen and oxygen atoms in total. The van der Waals surface area contributed by atoms with Crippen LogP contribution in [0.1, 0.15) is 38.7 Å². The van der Waals surface area contributed by atoms with E-state index in [2.05, 4.69) is 9.64 Å². The molecule has 0 radical (unpaired) electrons. The number of carbonyl (C=O) groups is 1. The number of nitrogens with zero attached hydrogens (tertiary/aromatic N) is 1. The maximum Gasteiger partial charge on any atom is 0.530 e. The van der Waals surface area contributed by atoms with E-state index in [1.165, 1.54) is 0 Å². The molecule has 0 aromatic heterocycles. The molecule has 2 aliphatic rings. The van der Waals surface area contributed by atoms with E-state index in [-0.39, 0.29) is 17.6 Å². The first kappa shape index (κ1) is 25.4. The van der Waals surface area contributed by atoms with E-state index >= 15 is 0 Å². The van der Waals surface area contributed by atoms with Crippen LogP contribution in [0.2, 0.25) is 0 Å². The van der Waals surface area contributed by atoms with Gasteiger partial charge in [0.05, 0.1) is 20.3 Å². The van der Waals surface area contributed by atoms with Crippen LogP contribution in [-0.4, -0.2) is 62.7 Å². The minimum atomic E-state index is -4.48. The Kier molecular flexibility index (Phi) is 7.95. The minimum absolute atomic E-state index is 0.0490. The first-order valence-electron chi connectivity index (χ1n) is 10.7. The van der Waals surface area contributed by atoms with Crippen LogP contribution in [-0.2, 0) is 28.5 Å². The lowest BCUT2D eigenvalue weighted by Gasteiger charge is -2.41. The van der Waals surface area contributed by atoms with Crippen LogP contribution in [0.15, 0.2) is 30.0 Å². The van der Waals surface area contributed by atoms with Crippen molar-refractivity contribution >= 4 is 14.0 Å². The number of carbonyl (C=O) groups excluding carboxylic acids is 1. The van der Waals surface area contributed by atoms with E-state index in [0.29, 0.717) is 30.1 Å². The standard InChI is InChI=1S/C22H32NO9P/c1-15(2)31-21(24)29-14-30-33(25,26)32-17-8-9-22(10-11-23(3)20(22)13-17)16-6-7-18(27-4)19(12-16)28-5/h6-8,12,15,20H,9-11,13-14H2,1-5H3,(H,25,26)/t20-,22-/m0/s1. The molecule has 0 saturated carbocycles. The third-order valence-corrected chi connectivity index (χ3v) is 6.98. The molecule has 1 aromatic carbocycles. The summed E-state index contributed by atoms with van der Waals surface area (Å²) >= 11 is 0. The lowest BCUT2D eigenvalue weighted by Crippen LogP contribution is -2.43. The molecule has 0 amide bonds. The minimum Gasteiger partial charge on any atom is -0.493 e. The Bertz CT molecular complexity index is 934. The fourth-order valence-electron chi connectivity index (χ4n) is 4.50. The van der Waals surface area contributed by atoms with Gasteiger partial charge < -0.3 is 28.4 Å². The lowest BCUT2D eigenvalue weighted by molar-refractivity contribution is -0.0180. The molecule has 1 aliphatic carbocycles. The molecule has 3 rings (SSSR count). The number of methoxy groups -OCH3 is 2. The highest BCUT2D eigenvalue weighted by Gasteiger charge is 2.49. The van der Waals surface area contributed by atoms with Crippen LogP contribution >= 0.6 is 7.82 Å². The number of hydrogen-bond donors (Lipinski definition) is 1. The van der Waals surface area contributed by atoms with Crippen molar-refractivity contribution in [3.05, 3.63) is 35.6 Å². The maximum absolute atomic E-state index is 12.4. The maximum atomic E-state index is 12.4. The highest BCUT2D eigenvalue weighted by molar-refractivity contribution is 7.47. The normalized spacial score (nSPS) is 24.5. The second kappa shape index (κ2) is 10.3. The van der Waals surface area contributed by atoms with Crippen molar-refractivity contribution < 1.29 is 42.2 Å². The molecular weight excluding hydrogens is 453 g/mol. The molecule has 1 fully saturated rings. The van der Waals surface area contributed by atoms with E-state index in [0.717, 1.165) is 18.5 Å². The van der Waals surface area contributed by atoms with E-state index < -0.39 is 20.8 Å². The van der Waals surface area contributed by atoms with Gasteiger partial charge in [0.15, 0.2) is 11.5 Å². The summed E-state index contributed by atoms with van der Waals surface area (Å²) < 4.78 is 42.7. The molecule has 33 heavy (non-hydrogen) atoms. The van der Waals surface area contributed by atoms with E-state index in [4.69, 9.17) is 23.3 Å². The number of likely N-dealkylation sites (N-methyl/N-ethyl adjacent to an activating group) is 1. The quantitative estimate of drug-likeness (QED) is 0.313. The van der Waals surface area contributed by atoms with Gasteiger partial charge in [0.1, 0.15) is 5.76 Å². The molecule has 1 N–H and O–H groups in total. The second-order valence-electron chi connectivity index (χ2n) is 8.42. The zero-order valence-electron chi connectivity index (χ0n) is 19.6. The molecule has 0 bridgehead atoms. The van der Waals surface area contributed by atoms with E-state index in [9.17, 15) is 14.3 Å². The predicted octanol–water partition coefficient (Wildman–Crippen LogP) is 3.98. The Labute approximate surface area is 194 Å². The number of rotatable bonds is 9. The van der Waals surface area contributed by atoms with Gasteiger partial charge in [-0.3, -0.25) is 4.89 Å². The number of allylic oxidation sites excluding steroid dienone is 1. The number of likely N-dealkylation sites (tertiary alicyclic amines) is 1. The molecule has 1 aromatic rings. The summed E-state index contributed by atoms with van der Waals surface area (Å²) in [6.45, 7) is 3.42. The van der Waals surface area contributed by atoms with Gasteiger partial charge in [0.25, 0.3) is 0 Å². The largest absolute Gasteiger partial charge is 0.530 e. The van der Waals surface area contributed by atoms with E-state index in [1.54, 1.807) is 28.1 Å². The molecule has 1 unspecified atom stereocenters. The lowest BCUT2D eigenvalue weighted by atomic mass is 9.68. The summed E-state index contributed by atoms with van der Waals surface area (Å²) in [7, 11) is 0.752. The first-order valence-corrected chi connectivity index (χ1v) is 12.2. The molecule has 1 aliphatic heterocycles. The highest BCUT2D eigenvalue weighted by Crippen LogP contribution is 2.53. The van der Waals surface area contributed by atoms with Gasteiger partial charge in [0.2, 0.25) is 6.79 Å². The number of benzene rings is 1. The fourth-order valence-corrected chi connectivity index (χ4v) is 5.18. The zero-order valence-corrected chi connectivity index (χ0v) is 20.5. The van der Waals surface area contributed by atoms with Gasteiger partial charge in [-0.05, 0) is 64.1 Å². The third-order valence-electron chi connectivity index (χ3n) is 6.08. The van der Waals surface area contributed by atoms with Crippen molar-refractivity contribution in [2.45, 2.75) is 50.7 Å². The van der Waals surface area contributed by atoms with Crippen molar-refractivity contribution in [2.75, 3.05) is 34.6 Å². The van der Waals surface area contributed by atoms with Crippen molar-refractivity contribution in [1.82, 2.24) is 4.90 Å². The van der Waals surface area contributed by atoms with Gasteiger partial charge in [-0.2, -0.15) is 0 Å². The molecular formula is C22H32NO9P. The number of hydrogen-bond acceptors (Lipinski definition) is 9. The van der Waals surface area contributed by atoms with Crippen molar-refractivity contribution in [3.63, 3.8) is 0 Å². The molecule has 1 saturated heterocycles. The fraction of sp³-hybridized carbons (Fsp3) is 0.591. The zero-order chi connectivity index (χ0) is 24.2. The second-order valence-corrected chi connectivity index (χ2v) is 9.80. The Balaban J connectivity index is 1.71. The Hall–Kier alpha value is -2.26. The number of phosphoric acid groups is 1. The van der Waals surface area contributed by atoms with Gasteiger partial charge in [-0.25, -0.2) is 13.9 Å². The summed E-state index contributed by atoms with van der Waals surface area (Å²) in [5, 5.41) is 0. The number of fused-ring (bicyclic) bond motifs is 1. The van der Waals surface area contributed by atoms with Crippen molar-refractivity contribution in [3.8, 4) is 11.5 Å². The highest BCUT2D eigenvalue weighted by atomic mass is 31.2. The smallest absolute Gasteiger partial charge is 0.493 e. The topological polar surface area (TPSA) is 113 Å². The van der Waals surface area contributed by atoms with Crippen LogP contribution in [0.25, 0.3) is 0 Å². The van der Waals surface area contributed by atoms with Gasteiger partial charge in [-0.15, -0.1) is 0 Å². The van der Waals surface area contributed by atoms with Crippen LogP contribution in [0.4, 0.5) is 4.79 Å². The Morgan fingerprint density at radius 1 is 1.27 bits per heavy atom. The summed E-state index contributed by atoms with van der Waals surface area (Å²) in [5.41, 5.74) is 0.927. The average Bonchev–Trinajstić information content (AvgIpc) is 3.09. The molecule has 1 heterocycles. The number of ether oxygens (including phenoxy) is 4. The van der Waals surface area contributed by atoms with Gasteiger partial charge in [0, 0.05) is 17.9 Å². The first-order chi connectivity index (χ1) is 15.6. The SMILES string of the molecule is COc1ccc([C@@]23CC=C(OP(=O)(O)OCOC(=O)OC(C)C)C[C@@H]2N(C)CC3)cc1OC. The molecule has 3 atom stereocenters. The van der Waals surface area contributed by atoms with Crippen LogP contribution in [0.5, 0.6) is 11.5 Å². The molecule has 0 spiro atoms. The van der Waals surface area contributed by atoms with E-state index in [1.807, 2.05) is 31.3 Å². The van der Waals surface area contributed by atoms with Gasteiger partial charge in [-0.1, -0.05) is 6.07 Å². The summed E-state index contributed by atoms with van der Waals surface area (Å²) in [5.74, 6) is 1.68. The molecule has 11 heteroatoms. The Morgan fingerprint density at radius 2 is 2.00 bits per heavy atom. The van der Waals surface area contributed by atoms with Crippen LogP contribution in [0.3, 0.4) is 0 Å².